The molecule has 3 heterocycles. The maximum absolute atomic E-state index is 15.9. The van der Waals surface area contributed by atoms with E-state index in [0.717, 1.165) is 28.1 Å². The minimum atomic E-state index is -0.609. The summed E-state index contributed by atoms with van der Waals surface area (Å²) in [5.41, 5.74) is 5.80. The first kappa shape index (κ1) is 23.9. The number of carbonyl (C=O) groups is 1. The van der Waals surface area contributed by atoms with Crippen LogP contribution < -0.4 is 4.74 Å². The monoisotopic (exact) mass is 490 g/mol. The number of para-hydroxylation sites is 1. The molecule has 0 radical (unpaired) electrons. The van der Waals surface area contributed by atoms with Crippen LogP contribution in [0, 0.1) is 19.7 Å². The largest absolute Gasteiger partial charge is 0.494 e. The van der Waals surface area contributed by atoms with Gasteiger partial charge in [0.05, 0.1) is 36.2 Å². The predicted molar refractivity (Wildman–Crippen MR) is 137 cm³/mol. The molecular formula is C28H31FN4O3. The first-order valence-corrected chi connectivity index (χ1v) is 12.1. The molecular weight excluding hydrogens is 459 g/mol. The van der Waals surface area contributed by atoms with Gasteiger partial charge in [-0.05, 0) is 51.8 Å². The molecule has 4 aromatic rings. The summed E-state index contributed by atoms with van der Waals surface area (Å²) in [6.07, 6.45) is 1.93. The summed E-state index contributed by atoms with van der Waals surface area (Å²) >= 11 is 0. The number of amides is 1. The van der Waals surface area contributed by atoms with E-state index in [1.54, 1.807) is 11.1 Å². The molecule has 2 aromatic heterocycles. The minimum absolute atomic E-state index is 0.280. The number of fused-ring (bicyclic) bond motifs is 2. The standard InChI is InChI=1S/C28H31FN4O3/c1-16-8-7-9-17(2)25(16)33-26(23-18-10-12-30-24(18)22(35-6)14-20(23)29)19-15-32(13-11-21(19)31-33)27(34)36-28(3,4)5/h7-10,12,14,30H,11,13,15H2,1-6H3. The summed E-state index contributed by atoms with van der Waals surface area (Å²) < 4.78 is 28.8. The number of nitrogens with one attached hydrogen (secondary N) is 1. The van der Waals surface area contributed by atoms with Crippen LogP contribution in [0.3, 0.4) is 0 Å². The highest BCUT2D eigenvalue weighted by Gasteiger charge is 2.33. The number of halogens is 1. The van der Waals surface area contributed by atoms with Gasteiger partial charge in [0, 0.05) is 41.7 Å². The Morgan fingerprint density at radius 2 is 1.89 bits per heavy atom. The summed E-state index contributed by atoms with van der Waals surface area (Å²) in [5.74, 6) is 0.0159. The smallest absolute Gasteiger partial charge is 0.410 e. The summed E-state index contributed by atoms with van der Waals surface area (Å²) in [4.78, 5) is 17.8. The molecule has 0 unspecified atom stereocenters. The van der Waals surface area contributed by atoms with E-state index in [2.05, 4.69) is 4.98 Å². The van der Waals surface area contributed by atoms with Crippen molar-refractivity contribution in [2.45, 2.75) is 53.2 Å². The van der Waals surface area contributed by atoms with Gasteiger partial charge in [-0.15, -0.1) is 0 Å². The fraction of sp³-hybridized carbons (Fsp3) is 0.357. The van der Waals surface area contributed by atoms with Gasteiger partial charge in [0.15, 0.2) is 0 Å². The van der Waals surface area contributed by atoms with E-state index in [-0.39, 0.29) is 12.6 Å². The highest BCUT2D eigenvalue weighted by Crippen LogP contribution is 2.41. The SMILES string of the molecule is COc1cc(F)c(-c2c3c(nn2-c2c(C)cccc2C)CCN(C(=O)OC(C)(C)C)C3)c2cc[nH]c12. The minimum Gasteiger partial charge on any atom is -0.494 e. The van der Waals surface area contributed by atoms with Gasteiger partial charge in [-0.3, -0.25) is 0 Å². The summed E-state index contributed by atoms with van der Waals surface area (Å²) in [6.45, 7) is 10.4. The maximum Gasteiger partial charge on any atom is 0.410 e. The van der Waals surface area contributed by atoms with E-state index in [4.69, 9.17) is 14.6 Å². The number of benzene rings is 2. The van der Waals surface area contributed by atoms with Gasteiger partial charge in [-0.1, -0.05) is 18.2 Å². The topological polar surface area (TPSA) is 72.4 Å². The van der Waals surface area contributed by atoms with Crippen LogP contribution in [0.5, 0.6) is 5.75 Å². The van der Waals surface area contributed by atoms with E-state index in [1.165, 1.54) is 13.2 Å². The zero-order valence-electron chi connectivity index (χ0n) is 21.5. The third-order valence-corrected chi connectivity index (χ3v) is 6.55. The quantitative estimate of drug-likeness (QED) is 0.378. The Morgan fingerprint density at radius 1 is 1.17 bits per heavy atom. The van der Waals surface area contributed by atoms with Crippen molar-refractivity contribution in [3.63, 3.8) is 0 Å². The van der Waals surface area contributed by atoms with E-state index in [1.807, 2.05) is 63.6 Å². The van der Waals surface area contributed by atoms with Gasteiger partial charge in [0.2, 0.25) is 0 Å². The molecule has 7 nitrogen and oxygen atoms in total. The number of rotatable bonds is 3. The number of methoxy groups -OCH3 is 1. The third-order valence-electron chi connectivity index (χ3n) is 6.55. The van der Waals surface area contributed by atoms with E-state index in [0.29, 0.717) is 40.9 Å². The average molecular weight is 491 g/mol. The summed E-state index contributed by atoms with van der Waals surface area (Å²) in [7, 11) is 1.52. The van der Waals surface area contributed by atoms with Crippen LogP contribution >= 0.6 is 0 Å². The van der Waals surface area contributed by atoms with Gasteiger partial charge in [-0.2, -0.15) is 5.10 Å². The Labute approximate surface area is 209 Å². The number of aryl methyl sites for hydroxylation is 2. The lowest BCUT2D eigenvalue weighted by Crippen LogP contribution is -2.39. The molecule has 0 fully saturated rings. The molecule has 1 aliphatic rings. The predicted octanol–water partition coefficient (Wildman–Crippen LogP) is 6.08. The van der Waals surface area contributed by atoms with Gasteiger partial charge >= 0.3 is 6.09 Å². The Hall–Kier alpha value is -3.81. The average Bonchev–Trinajstić information content (AvgIpc) is 3.42. The summed E-state index contributed by atoms with van der Waals surface area (Å²) in [5, 5.41) is 5.68. The van der Waals surface area contributed by atoms with Crippen LogP contribution in [0.4, 0.5) is 9.18 Å². The summed E-state index contributed by atoms with van der Waals surface area (Å²) in [6, 6.07) is 9.29. The van der Waals surface area contributed by atoms with Crippen molar-refractivity contribution < 1.29 is 18.7 Å². The number of hydrogen-bond acceptors (Lipinski definition) is 4. The van der Waals surface area contributed by atoms with Crippen LogP contribution in [0.25, 0.3) is 27.8 Å². The lowest BCUT2D eigenvalue weighted by atomic mass is 9.97. The van der Waals surface area contributed by atoms with Crippen LogP contribution in [0.15, 0.2) is 36.5 Å². The fourth-order valence-electron chi connectivity index (χ4n) is 4.99. The van der Waals surface area contributed by atoms with Crippen LogP contribution in [0.2, 0.25) is 0 Å². The van der Waals surface area contributed by atoms with E-state index < -0.39 is 11.4 Å². The number of aromatic amines is 1. The molecule has 1 amide bonds. The van der Waals surface area contributed by atoms with Crippen molar-refractivity contribution in [3.05, 3.63) is 64.7 Å². The lowest BCUT2D eigenvalue weighted by molar-refractivity contribution is 0.0224. The molecule has 5 rings (SSSR count). The maximum atomic E-state index is 15.9. The molecule has 188 valence electrons. The lowest BCUT2D eigenvalue weighted by Gasteiger charge is -2.30. The molecule has 0 atom stereocenters. The first-order valence-electron chi connectivity index (χ1n) is 12.1. The number of hydrogen-bond donors (Lipinski definition) is 1. The number of nitrogens with zero attached hydrogens (tertiary/aromatic N) is 3. The first-order chi connectivity index (χ1) is 17.1. The molecule has 8 heteroatoms. The fourth-order valence-corrected chi connectivity index (χ4v) is 4.99. The van der Waals surface area contributed by atoms with Crippen molar-refractivity contribution in [1.82, 2.24) is 19.7 Å². The highest BCUT2D eigenvalue weighted by molar-refractivity contribution is 5.99. The molecule has 0 bridgehead atoms. The zero-order valence-corrected chi connectivity index (χ0v) is 21.5. The number of aromatic nitrogens is 3. The van der Waals surface area contributed by atoms with Crippen molar-refractivity contribution in [3.8, 4) is 22.7 Å². The van der Waals surface area contributed by atoms with E-state index >= 15 is 4.39 Å². The van der Waals surface area contributed by atoms with Crippen molar-refractivity contribution >= 4 is 17.0 Å². The van der Waals surface area contributed by atoms with E-state index in [9.17, 15) is 4.79 Å². The second-order valence-corrected chi connectivity index (χ2v) is 10.3. The molecule has 2 aromatic carbocycles. The molecule has 1 N–H and O–H groups in total. The van der Waals surface area contributed by atoms with Gasteiger partial charge in [-0.25, -0.2) is 13.9 Å². The Bertz CT molecular complexity index is 1460. The molecule has 36 heavy (non-hydrogen) atoms. The molecule has 0 saturated heterocycles. The Morgan fingerprint density at radius 3 is 2.56 bits per heavy atom. The van der Waals surface area contributed by atoms with Gasteiger partial charge < -0.3 is 19.4 Å². The van der Waals surface area contributed by atoms with Crippen LogP contribution in [-0.2, 0) is 17.7 Å². The normalized spacial score (nSPS) is 13.7. The number of ether oxygens (including phenoxy) is 2. The Balaban J connectivity index is 1.77. The second-order valence-electron chi connectivity index (χ2n) is 10.3. The molecule has 0 spiro atoms. The highest BCUT2D eigenvalue weighted by atomic mass is 19.1. The third kappa shape index (κ3) is 4.00. The number of H-pyrrole nitrogens is 1. The molecule has 0 saturated carbocycles. The van der Waals surface area contributed by atoms with Crippen LogP contribution in [0.1, 0.15) is 43.2 Å². The second kappa shape index (κ2) is 8.69. The van der Waals surface area contributed by atoms with Crippen molar-refractivity contribution in [2.24, 2.45) is 0 Å². The molecule has 1 aliphatic heterocycles. The van der Waals surface area contributed by atoms with Crippen molar-refractivity contribution in [1.29, 1.82) is 0 Å². The van der Waals surface area contributed by atoms with Gasteiger partial charge in [0.25, 0.3) is 0 Å². The number of carbonyl (C=O) groups excluding carboxylic acids is 1. The Kier molecular flexibility index (Phi) is 5.77. The van der Waals surface area contributed by atoms with Gasteiger partial charge in [0.1, 0.15) is 17.2 Å². The molecule has 0 aliphatic carbocycles. The van der Waals surface area contributed by atoms with Crippen LogP contribution in [-0.4, -0.2) is 45.0 Å². The van der Waals surface area contributed by atoms with Crippen molar-refractivity contribution in [2.75, 3.05) is 13.7 Å². The zero-order chi connectivity index (χ0) is 25.8.